The number of hydrogen-bond donors (Lipinski definition) is 3. The summed E-state index contributed by atoms with van der Waals surface area (Å²) in [5, 5.41) is 9.56. The number of anilines is 2. The van der Waals surface area contributed by atoms with E-state index in [1.54, 1.807) is 6.33 Å². The zero-order chi connectivity index (χ0) is 15.1. The standard InChI is InChI=1S/C15H25N5O/c1-3-7-16-13-12(4-2)14(20-10-19-13)17-8-9-18-15(21)11-5-6-11/h10-11H,3-9H2,1-2H3,(H,18,21)(H2,16,17,19,20). The molecule has 0 aromatic carbocycles. The fraction of sp³-hybridized carbons (Fsp3) is 0.667. The summed E-state index contributed by atoms with van der Waals surface area (Å²) in [5.74, 6) is 2.20. The molecule has 1 aliphatic rings. The van der Waals surface area contributed by atoms with Crippen LogP contribution in [-0.2, 0) is 11.2 Å². The molecule has 0 radical (unpaired) electrons. The molecule has 6 heteroatoms. The van der Waals surface area contributed by atoms with E-state index in [1.807, 2.05) is 0 Å². The first-order valence-electron chi connectivity index (χ1n) is 7.85. The van der Waals surface area contributed by atoms with Gasteiger partial charge in [0.25, 0.3) is 0 Å². The molecule has 1 aliphatic carbocycles. The third kappa shape index (κ3) is 4.58. The van der Waals surface area contributed by atoms with E-state index in [-0.39, 0.29) is 11.8 Å². The molecule has 1 fully saturated rings. The van der Waals surface area contributed by atoms with E-state index in [1.165, 1.54) is 0 Å². The summed E-state index contributed by atoms with van der Waals surface area (Å²) < 4.78 is 0. The van der Waals surface area contributed by atoms with Gasteiger partial charge in [0, 0.05) is 31.1 Å². The number of carbonyl (C=O) groups excluding carboxylic acids is 1. The van der Waals surface area contributed by atoms with E-state index < -0.39 is 0 Å². The fourth-order valence-electron chi connectivity index (χ4n) is 2.15. The molecule has 6 nitrogen and oxygen atoms in total. The van der Waals surface area contributed by atoms with Crippen molar-refractivity contribution >= 4 is 17.5 Å². The largest absolute Gasteiger partial charge is 0.370 e. The Labute approximate surface area is 126 Å². The Bertz CT molecular complexity index is 473. The zero-order valence-electron chi connectivity index (χ0n) is 12.9. The summed E-state index contributed by atoms with van der Waals surface area (Å²) in [6, 6.07) is 0. The summed E-state index contributed by atoms with van der Waals surface area (Å²) >= 11 is 0. The van der Waals surface area contributed by atoms with Gasteiger partial charge >= 0.3 is 0 Å². The molecular weight excluding hydrogens is 266 g/mol. The minimum Gasteiger partial charge on any atom is -0.370 e. The maximum Gasteiger partial charge on any atom is 0.223 e. The van der Waals surface area contributed by atoms with Crippen LogP contribution in [0.1, 0.15) is 38.7 Å². The average Bonchev–Trinajstić information content (AvgIpc) is 3.34. The lowest BCUT2D eigenvalue weighted by Gasteiger charge is -2.14. The van der Waals surface area contributed by atoms with Crippen molar-refractivity contribution < 1.29 is 4.79 Å². The fourth-order valence-corrected chi connectivity index (χ4v) is 2.15. The van der Waals surface area contributed by atoms with Crippen LogP contribution < -0.4 is 16.0 Å². The second-order valence-electron chi connectivity index (χ2n) is 5.32. The van der Waals surface area contributed by atoms with E-state index >= 15 is 0 Å². The van der Waals surface area contributed by atoms with Gasteiger partial charge in [0.1, 0.15) is 18.0 Å². The number of aromatic nitrogens is 2. The quantitative estimate of drug-likeness (QED) is 0.605. The van der Waals surface area contributed by atoms with Crippen molar-refractivity contribution in [1.82, 2.24) is 15.3 Å². The first-order chi connectivity index (χ1) is 10.3. The predicted molar refractivity (Wildman–Crippen MR) is 84.4 cm³/mol. The van der Waals surface area contributed by atoms with E-state index in [0.717, 1.165) is 49.4 Å². The monoisotopic (exact) mass is 291 g/mol. The molecule has 1 heterocycles. The summed E-state index contributed by atoms with van der Waals surface area (Å²) in [6.45, 7) is 6.42. The van der Waals surface area contributed by atoms with Crippen LogP contribution in [0.5, 0.6) is 0 Å². The van der Waals surface area contributed by atoms with Crippen molar-refractivity contribution in [2.45, 2.75) is 39.5 Å². The Hall–Kier alpha value is -1.85. The van der Waals surface area contributed by atoms with Crippen LogP contribution in [0.15, 0.2) is 6.33 Å². The molecule has 0 saturated heterocycles. The Morgan fingerprint density at radius 2 is 1.81 bits per heavy atom. The molecule has 21 heavy (non-hydrogen) atoms. The van der Waals surface area contributed by atoms with Gasteiger partial charge in [0.15, 0.2) is 0 Å². The number of carbonyl (C=O) groups is 1. The average molecular weight is 291 g/mol. The first kappa shape index (κ1) is 15.5. The highest BCUT2D eigenvalue weighted by molar-refractivity contribution is 5.80. The molecule has 2 rings (SSSR count). The van der Waals surface area contributed by atoms with Gasteiger partial charge in [-0.2, -0.15) is 0 Å². The van der Waals surface area contributed by atoms with Crippen molar-refractivity contribution in [2.24, 2.45) is 5.92 Å². The summed E-state index contributed by atoms with van der Waals surface area (Å²) in [7, 11) is 0. The highest BCUT2D eigenvalue weighted by Gasteiger charge is 2.28. The Morgan fingerprint density at radius 1 is 1.14 bits per heavy atom. The molecular formula is C15H25N5O. The highest BCUT2D eigenvalue weighted by atomic mass is 16.2. The maximum atomic E-state index is 11.5. The number of nitrogens with zero attached hydrogens (tertiary/aromatic N) is 2. The van der Waals surface area contributed by atoms with E-state index in [2.05, 4.69) is 39.8 Å². The highest BCUT2D eigenvalue weighted by Crippen LogP contribution is 2.28. The Kier molecular flexibility index (Phi) is 5.78. The Morgan fingerprint density at radius 3 is 2.38 bits per heavy atom. The summed E-state index contributed by atoms with van der Waals surface area (Å²) in [6.07, 6.45) is 5.57. The van der Waals surface area contributed by atoms with E-state index in [9.17, 15) is 4.79 Å². The van der Waals surface area contributed by atoms with Crippen molar-refractivity contribution in [2.75, 3.05) is 30.3 Å². The van der Waals surface area contributed by atoms with Gasteiger partial charge in [-0.3, -0.25) is 4.79 Å². The molecule has 1 aromatic heterocycles. The van der Waals surface area contributed by atoms with Gasteiger partial charge in [0.2, 0.25) is 5.91 Å². The van der Waals surface area contributed by atoms with Crippen LogP contribution in [0.3, 0.4) is 0 Å². The van der Waals surface area contributed by atoms with Crippen LogP contribution in [-0.4, -0.2) is 35.5 Å². The maximum absolute atomic E-state index is 11.5. The van der Waals surface area contributed by atoms with Crippen molar-refractivity contribution in [1.29, 1.82) is 0 Å². The number of amides is 1. The molecule has 116 valence electrons. The van der Waals surface area contributed by atoms with Crippen LogP contribution >= 0.6 is 0 Å². The SMILES string of the molecule is CCCNc1ncnc(NCCNC(=O)C2CC2)c1CC. The van der Waals surface area contributed by atoms with Gasteiger partial charge in [0.05, 0.1) is 0 Å². The van der Waals surface area contributed by atoms with Gasteiger partial charge in [-0.05, 0) is 25.7 Å². The molecule has 0 bridgehead atoms. The summed E-state index contributed by atoms with van der Waals surface area (Å²) in [4.78, 5) is 20.1. The molecule has 0 aliphatic heterocycles. The molecule has 1 amide bonds. The molecule has 0 spiro atoms. The van der Waals surface area contributed by atoms with Crippen LogP contribution in [0.4, 0.5) is 11.6 Å². The lowest BCUT2D eigenvalue weighted by molar-refractivity contribution is -0.122. The van der Waals surface area contributed by atoms with Crippen LogP contribution in [0.2, 0.25) is 0 Å². The van der Waals surface area contributed by atoms with Crippen molar-refractivity contribution in [3.8, 4) is 0 Å². The molecule has 1 saturated carbocycles. The second kappa shape index (κ2) is 7.81. The molecule has 3 N–H and O–H groups in total. The van der Waals surface area contributed by atoms with Gasteiger partial charge in [-0.15, -0.1) is 0 Å². The number of nitrogens with one attached hydrogen (secondary N) is 3. The topological polar surface area (TPSA) is 78.9 Å². The number of hydrogen-bond acceptors (Lipinski definition) is 5. The normalized spacial score (nSPS) is 13.8. The number of rotatable bonds is 9. The van der Waals surface area contributed by atoms with Crippen LogP contribution in [0.25, 0.3) is 0 Å². The zero-order valence-corrected chi connectivity index (χ0v) is 12.9. The van der Waals surface area contributed by atoms with E-state index in [4.69, 9.17) is 0 Å². The third-order valence-corrected chi connectivity index (χ3v) is 3.51. The Balaban J connectivity index is 1.84. The van der Waals surface area contributed by atoms with Gasteiger partial charge < -0.3 is 16.0 Å². The summed E-state index contributed by atoms with van der Waals surface area (Å²) in [5.41, 5.74) is 1.10. The lowest BCUT2D eigenvalue weighted by atomic mass is 10.2. The predicted octanol–water partition coefficient (Wildman–Crippen LogP) is 1.80. The minimum atomic E-state index is 0.181. The molecule has 0 atom stereocenters. The van der Waals surface area contributed by atoms with E-state index in [0.29, 0.717) is 13.1 Å². The third-order valence-electron chi connectivity index (χ3n) is 3.51. The molecule has 1 aromatic rings. The van der Waals surface area contributed by atoms with Crippen molar-refractivity contribution in [3.05, 3.63) is 11.9 Å². The van der Waals surface area contributed by atoms with Gasteiger partial charge in [-0.1, -0.05) is 13.8 Å². The smallest absolute Gasteiger partial charge is 0.223 e. The van der Waals surface area contributed by atoms with Gasteiger partial charge in [-0.25, -0.2) is 9.97 Å². The lowest BCUT2D eigenvalue weighted by Crippen LogP contribution is -2.30. The first-order valence-corrected chi connectivity index (χ1v) is 7.85. The molecule has 0 unspecified atom stereocenters. The second-order valence-corrected chi connectivity index (χ2v) is 5.32. The minimum absolute atomic E-state index is 0.181. The van der Waals surface area contributed by atoms with Crippen molar-refractivity contribution in [3.63, 3.8) is 0 Å². The van der Waals surface area contributed by atoms with Crippen LogP contribution in [0, 0.1) is 5.92 Å².